The third-order valence-electron chi connectivity index (χ3n) is 5.33. The number of amides is 2. The highest BCUT2D eigenvalue weighted by atomic mass is 79.9. The van der Waals surface area contributed by atoms with Crippen molar-refractivity contribution in [2.75, 3.05) is 6.61 Å². The summed E-state index contributed by atoms with van der Waals surface area (Å²) in [6.45, 7) is 10.1. The van der Waals surface area contributed by atoms with Crippen LogP contribution in [-0.4, -0.2) is 35.4 Å². The number of hydrogen-bond acceptors (Lipinski definition) is 3. The molecule has 0 aliphatic carbocycles. The average molecular weight is 489 g/mol. The summed E-state index contributed by atoms with van der Waals surface area (Å²) in [5.41, 5.74) is 2.00. The fraction of sp³-hybridized carbons (Fsp3) is 0.440. The van der Waals surface area contributed by atoms with Gasteiger partial charge in [-0.1, -0.05) is 67.0 Å². The number of halogens is 1. The molecule has 2 atom stereocenters. The lowest BCUT2D eigenvalue weighted by Crippen LogP contribution is -2.50. The second kappa shape index (κ2) is 11.9. The van der Waals surface area contributed by atoms with Crippen molar-refractivity contribution < 1.29 is 14.3 Å². The van der Waals surface area contributed by atoms with Crippen LogP contribution in [0, 0.1) is 0 Å². The molecular weight excluding hydrogens is 456 g/mol. The number of para-hydroxylation sites is 1. The Labute approximate surface area is 194 Å². The van der Waals surface area contributed by atoms with Gasteiger partial charge in [-0.25, -0.2) is 0 Å². The molecule has 168 valence electrons. The molecule has 31 heavy (non-hydrogen) atoms. The normalized spacial score (nSPS) is 12.9. The van der Waals surface area contributed by atoms with Crippen molar-refractivity contribution in [2.45, 2.75) is 65.6 Å². The van der Waals surface area contributed by atoms with Crippen molar-refractivity contribution in [1.29, 1.82) is 0 Å². The van der Waals surface area contributed by atoms with Crippen LogP contribution in [0.4, 0.5) is 0 Å². The Bertz CT molecular complexity index is 867. The highest BCUT2D eigenvalue weighted by molar-refractivity contribution is 9.10. The van der Waals surface area contributed by atoms with Gasteiger partial charge in [-0.15, -0.1) is 0 Å². The Morgan fingerprint density at radius 2 is 1.68 bits per heavy atom. The van der Waals surface area contributed by atoms with Crippen molar-refractivity contribution in [3.63, 3.8) is 0 Å². The summed E-state index contributed by atoms with van der Waals surface area (Å²) in [5.74, 6) is 0.590. The number of rotatable bonds is 10. The molecule has 0 saturated heterocycles. The smallest absolute Gasteiger partial charge is 0.261 e. The first-order chi connectivity index (χ1) is 14.7. The zero-order valence-electron chi connectivity index (χ0n) is 19.0. The van der Waals surface area contributed by atoms with E-state index in [1.54, 1.807) is 11.8 Å². The molecule has 2 rings (SSSR count). The molecule has 0 aromatic heterocycles. The van der Waals surface area contributed by atoms with Crippen LogP contribution in [0.3, 0.4) is 0 Å². The van der Waals surface area contributed by atoms with Crippen molar-refractivity contribution in [3.8, 4) is 5.75 Å². The quantitative estimate of drug-likeness (QED) is 0.494. The van der Waals surface area contributed by atoms with E-state index in [-0.39, 0.29) is 30.4 Å². The van der Waals surface area contributed by atoms with Crippen LogP contribution < -0.4 is 10.1 Å². The van der Waals surface area contributed by atoms with Gasteiger partial charge < -0.3 is 15.0 Å². The fourth-order valence-corrected chi connectivity index (χ4v) is 3.41. The van der Waals surface area contributed by atoms with Crippen LogP contribution in [-0.2, 0) is 16.1 Å². The second-order valence-corrected chi connectivity index (χ2v) is 9.04. The standard InChI is InChI=1S/C25H33BrN2O3/c1-6-18(4)27-25(30)19(5)28(15-20-11-13-21(26)14-12-20)24(29)16-31-23-10-8-7-9-22(23)17(2)3/h7-14,17-19H,6,15-16H2,1-5H3,(H,27,30)/t18-,19+/m0/s1. The van der Waals surface area contributed by atoms with Crippen LogP contribution >= 0.6 is 15.9 Å². The number of carbonyl (C=O) groups excluding carboxylic acids is 2. The zero-order chi connectivity index (χ0) is 23.0. The lowest BCUT2D eigenvalue weighted by Gasteiger charge is -2.29. The van der Waals surface area contributed by atoms with Crippen LogP contribution in [0.25, 0.3) is 0 Å². The molecule has 0 radical (unpaired) electrons. The van der Waals surface area contributed by atoms with E-state index < -0.39 is 6.04 Å². The van der Waals surface area contributed by atoms with Crippen molar-refractivity contribution in [3.05, 3.63) is 64.1 Å². The van der Waals surface area contributed by atoms with Gasteiger partial charge in [0.15, 0.2) is 6.61 Å². The largest absolute Gasteiger partial charge is 0.483 e. The predicted octanol–water partition coefficient (Wildman–Crippen LogP) is 5.28. The van der Waals surface area contributed by atoms with Crippen molar-refractivity contribution in [2.24, 2.45) is 0 Å². The highest BCUT2D eigenvalue weighted by Crippen LogP contribution is 2.26. The third kappa shape index (κ3) is 7.39. The van der Waals surface area contributed by atoms with E-state index >= 15 is 0 Å². The van der Waals surface area contributed by atoms with Crippen molar-refractivity contribution >= 4 is 27.7 Å². The number of nitrogens with one attached hydrogen (secondary N) is 1. The van der Waals surface area contributed by atoms with Crippen molar-refractivity contribution in [1.82, 2.24) is 10.2 Å². The Hall–Kier alpha value is -2.34. The second-order valence-electron chi connectivity index (χ2n) is 8.12. The topological polar surface area (TPSA) is 58.6 Å². The molecule has 5 nitrogen and oxygen atoms in total. The molecule has 0 saturated carbocycles. The van der Waals surface area contributed by atoms with E-state index in [9.17, 15) is 9.59 Å². The van der Waals surface area contributed by atoms with E-state index in [0.717, 1.165) is 22.0 Å². The molecule has 0 aliphatic heterocycles. The Balaban J connectivity index is 2.19. The van der Waals surface area contributed by atoms with Gasteiger partial charge in [-0.05, 0) is 55.5 Å². The monoisotopic (exact) mass is 488 g/mol. The summed E-state index contributed by atoms with van der Waals surface area (Å²) in [7, 11) is 0. The van der Waals surface area contributed by atoms with Gasteiger partial charge in [0.1, 0.15) is 11.8 Å². The molecule has 0 fully saturated rings. The van der Waals surface area contributed by atoms with E-state index in [2.05, 4.69) is 35.1 Å². The van der Waals surface area contributed by atoms with Gasteiger partial charge in [0.05, 0.1) is 0 Å². The minimum absolute atomic E-state index is 0.0498. The van der Waals surface area contributed by atoms with Gasteiger partial charge in [0.25, 0.3) is 5.91 Å². The number of nitrogens with zero attached hydrogens (tertiary/aromatic N) is 1. The first-order valence-corrected chi connectivity index (χ1v) is 11.6. The fourth-order valence-electron chi connectivity index (χ4n) is 3.15. The lowest BCUT2D eigenvalue weighted by atomic mass is 10.0. The highest BCUT2D eigenvalue weighted by Gasteiger charge is 2.27. The molecule has 0 unspecified atom stereocenters. The average Bonchev–Trinajstić information content (AvgIpc) is 2.76. The molecule has 2 aromatic rings. The molecule has 0 bridgehead atoms. The summed E-state index contributed by atoms with van der Waals surface area (Å²) in [6.07, 6.45) is 0.828. The maximum atomic E-state index is 13.2. The van der Waals surface area contributed by atoms with Gasteiger partial charge in [-0.2, -0.15) is 0 Å². The van der Waals surface area contributed by atoms with Gasteiger partial charge in [0, 0.05) is 17.1 Å². The lowest BCUT2D eigenvalue weighted by molar-refractivity contribution is -0.142. The predicted molar refractivity (Wildman–Crippen MR) is 128 cm³/mol. The van der Waals surface area contributed by atoms with Crippen LogP contribution in [0.2, 0.25) is 0 Å². The molecule has 1 N–H and O–H groups in total. The molecule has 0 heterocycles. The molecule has 0 spiro atoms. The number of hydrogen-bond donors (Lipinski definition) is 1. The summed E-state index contributed by atoms with van der Waals surface area (Å²) in [6, 6.07) is 14.9. The first kappa shape index (κ1) is 24.9. The Morgan fingerprint density at radius 1 is 1.03 bits per heavy atom. The summed E-state index contributed by atoms with van der Waals surface area (Å²) in [5, 5.41) is 2.98. The van der Waals surface area contributed by atoms with Crippen LogP contribution in [0.15, 0.2) is 53.0 Å². The maximum absolute atomic E-state index is 13.2. The Morgan fingerprint density at radius 3 is 2.29 bits per heavy atom. The number of carbonyl (C=O) groups is 2. The molecule has 6 heteroatoms. The molecule has 0 aliphatic rings. The SMILES string of the molecule is CC[C@H](C)NC(=O)[C@@H](C)N(Cc1ccc(Br)cc1)C(=O)COc1ccccc1C(C)C. The van der Waals surface area contributed by atoms with E-state index in [1.807, 2.05) is 62.4 Å². The zero-order valence-corrected chi connectivity index (χ0v) is 20.6. The van der Waals surface area contributed by atoms with Crippen LogP contribution in [0.1, 0.15) is 58.1 Å². The number of benzene rings is 2. The van der Waals surface area contributed by atoms with Gasteiger partial charge >= 0.3 is 0 Å². The summed E-state index contributed by atoms with van der Waals surface area (Å²) < 4.78 is 6.86. The summed E-state index contributed by atoms with van der Waals surface area (Å²) in [4.78, 5) is 27.5. The Kier molecular flexibility index (Phi) is 9.56. The van der Waals surface area contributed by atoms with E-state index in [1.165, 1.54) is 0 Å². The minimum atomic E-state index is -0.617. The van der Waals surface area contributed by atoms with E-state index in [0.29, 0.717) is 12.3 Å². The third-order valence-corrected chi connectivity index (χ3v) is 5.86. The van der Waals surface area contributed by atoms with Gasteiger partial charge in [-0.3, -0.25) is 9.59 Å². The van der Waals surface area contributed by atoms with E-state index in [4.69, 9.17) is 4.74 Å². The molecule has 2 aromatic carbocycles. The first-order valence-electron chi connectivity index (χ1n) is 10.8. The summed E-state index contributed by atoms with van der Waals surface area (Å²) >= 11 is 3.43. The number of ether oxygens (including phenoxy) is 1. The minimum Gasteiger partial charge on any atom is -0.483 e. The molecule has 2 amide bonds. The van der Waals surface area contributed by atoms with Crippen LogP contribution in [0.5, 0.6) is 5.75 Å². The molecular formula is C25H33BrN2O3. The maximum Gasteiger partial charge on any atom is 0.261 e. The van der Waals surface area contributed by atoms with Gasteiger partial charge in [0.2, 0.25) is 5.91 Å².